The SMILES string of the molecule is CN(Cc1cnn(-c2ccccc2)c1)C(=O)C1CC(O)CN1. The normalized spacial score (nSPS) is 21.0. The molecule has 0 aliphatic carbocycles. The van der Waals surface area contributed by atoms with E-state index in [0.717, 1.165) is 11.3 Å². The minimum Gasteiger partial charge on any atom is -0.392 e. The molecule has 22 heavy (non-hydrogen) atoms. The second kappa shape index (κ2) is 6.29. The zero-order valence-corrected chi connectivity index (χ0v) is 12.5. The first-order chi connectivity index (χ1) is 10.6. The Kier molecular flexibility index (Phi) is 4.22. The summed E-state index contributed by atoms with van der Waals surface area (Å²) in [4.78, 5) is 14.0. The molecule has 1 aromatic carbocycles. The average molecular weight is 300 g/mol. The molecule has 6 heteroatoms. The van der Waals surface area contributed by atoms with Crippen molar-refractivity contribution in [2.75, 3.05) is 13.6 Å². The lowest BCUT2D eigenvalue weighted by Gasteiger charge is -2.20. The molecule has 2 heterocycles. The summed E-state index contributed by atoms with van der Waals surface area (Å²) in [6.45, 7) is 0.982. The highest BCUT2D eigenvalue weighted by Gasteiger charge is 2.30. The first-order valence-corrected chi connectivity index (χ1v) is 7.39. The molecule has 1 saturated heterocycles. The third-order valence-electron chi connectivity index (χ3n) is 3.86. The minimum absolute atomic E-state index is 0.00371. The number of para-hydroxylation sites is 1. The van der Waals surface area contributed by atoms with E-state index in [9.17, 15) is 9.90 Å². The third kappa shape index (κ3) is 3.18. The summed E-state index contributed by atoms with van der Waals surface area (Å²) in [5.74, 6) is 0.00371. The number of nitrogens with one attached hydrogen (secondary N) is 1. The van der Waals surface area contributed by atoms with E-state index in [2.05, 4.69) is 10.4 Å². The molecule has 1 aromatic heterocycles. The Labute approximate surface area is 129 Å². The maximum absolute atomic E-state index is 12.3. The van der Waals surface area contributed by atoms with Gasteiger partial charge in [0.05, 0.1) is 24.0 Å². The Morgan fingerprint density at radius 1 is 1.45 bits per heavy atom. The molecule has 0 saturated carbocycles. The molecule has 0 bridgehead atoms. The molecule has 2 N–H and O–H groups in total. The molecule has 0 radical (unpaired) electrons. The van der Waals surface area contributed by atoms with Gasteiger partial charge in [-0.05, 0) is 18.6 Å². The Morgan fingerprint density at radius 3 is 2.91 bits per heavy atom. The Bertz CT molecular complexity index is 641. The van der Waals surface area contributed by atoms with E-state index in [1.807, 2.05) is 36.5 Å². The van der Waals surface area contributed by atoms with Crippen LogP contribution in [0.15, 0.2) is 42.7 Å². The third-order valence-corrected chi connectivity index (χ3v) is 3.86. The summed E-state index contributed by atoms with van der Waals surface area (Å²) in [6, 6.07) is 9.56. The maximum Gasteiger partial charge on any atom is 0.239 e. The number of β-amino-alcohol motifs (C(OH)–C–C–N with tert-alkyl or cyclic N) is 1. The molecule has 2 aromatic rings. The van der Waals surface area contributed by atoms with E-state index >= 15 is 0 Å². The van der Waals surface area contributed by atoms with Crippen molar-refractivity contribution in [3.8, 4) is 5.69 Å². The molecule has 116 valence electrons. The molecule has 2 unspecified atom stereocenters. The standard InChI is InChI=1S/C16H20N4O2/c1-19(16(22)15-7-14(21)9-17-15)10-12-8-18-20(11-12)13-5-3-2-4-6-13/h2-6,8,11,14-15,17,21H,7,9-10H2,1H3. The molecule has 2 atom stereocenters. The number of nitrogens with zero attached hydrogens (tertiary/aromatic N) is 3. The van der Waals surface area contributed by atoms with Crippen molar-refractivity contribution in [3.05, 3.63) is 48.3 Å². The molecule has 1 aliphatic rings. The highest BCUT2D eigenvalue weighted by molar-refractivity contribution is 5.82. The van der Waals surface area contributed by atoms with Gasteiger partial charge in [-0.15, -0.1) is 0 Å². The average Bonchev–Trinajstić information content (AvgIpc) is 3.16. The number of carbonyl (C=O) groups excluding carboxylic acids is 1. The van der Waals surface area contributed by atoms with E-state index in [1.165, 1.54) is 0 Å². The molecule has 1 fully saturated rings. The van der Waals surface area contributed by atoms with Gasteiger partial charge in [-0.3, -0.25) is 4.79 Å². The topological polar surface area (TPSA) is 70.4 Å². The number of aromatic nitrogens is 2. The van der Waals surface area contributed by atoms with Gasteiger partial charge in [0.2, 0.25) is 5.91 Å². The smallest absolute Gasteiger partial charge is 0.239 e. The predicted molar refractivity (Wildman–Crippen MR) is 82.5 cm³/mol. The van der Waals surface area contributed by atoms with Crippen molar-refractivity contribution >= 4 is 5.91 Å². The van der Waals surface area contributed by atoms with Crippen molar-refractivity contribution < 1.29 is 9.90 Å². The van der Waals surface area contributed by atoms with Crippen molar-refractivity contribution in [3.63, 3.8) is 0 Å². The van der Waals surface area contributed by atoms with E-state index in [4.69, 9.17) is 0 Å². The highest BCUT2D eigenvalue weighted by atomic mass is 16.3. The van der Waals surface area contributed by atoms with Crippen LogP contribution in [0.1, 0.15) is 12.0 Å². The predicted octanol–water partition coefficient (Wildman–Crippen LogP) is 0.553. The van der Waals surface area contributed by atoms with Gasteiger partial charge in [0.1, 0.15) is 0 Å². The minimum atomic E-state index is -0.428. The lowest BCUT2D eigenvalue weighted by atomic mass is 10.2. The highest BCUT2D eigenvalue weighted by Crippen LogP contribution is 2.12. The molecule has 1 amide bonds. The van der Waals surface area contributed by atoms with E-state index in [-0.39, 0.29) is 11.9 Å². The van der Waals surface area contributed by atoms with Crippen LogP contribution in [-0.2, 0) is 11.3 Å². The van der Waals surface area contributed by atoms with Crippen LogP contribution in [0.25, 0.3) is 5.69 Å². The lowest BCUT2D eigenvalue weighted by Crippen LogP contribution is -2.41. The molecular weight excluding hydrogens is 280 g/mol. The van der Waals surface area contributed by atoms with Gasteiger partial charge < -0.3 is 15.3 Å². The summed E-state index contributed by atoms with van der Waals surface area (Å²) in [5.41, 5.74) is 1.96. The summed E-state index contributed by atoms with van der Waals surface area (Å²) in [6.07, 6.45) is 3.75. The quantitative estimate of drug-likeness (QED) is 0.865. The van der Waals surface area contributed by atoms with Crippen LogP contribution >= 0.6 is 0 Å². The van der Waals surface area contributed by atoms with Gasteiger partial charge in [0.15, 0.2) is 0 Å². The fourth-order valence-electron chi connectivity index (χ4n) is 2.69. The van der Waals surface area contributed by atoms with E-state index < -0.39 is 6.10 Å². The summed E-state index contributed by atoms with van der Waals surface area (Å²) in [5, 5.41) is 16.9. The van der Waals surface area contributed by atoms with Gasteiger partial charge in [0, 0.05) is 31.9 Å². The number of likely N-dealkylation sites (N-methyl/N-ethyl adjacent to an activating group) is 1. The largest absolute Gasteiger partial charge is 0.392 e. The zero-order chi connectivity index (χ0) is 15.5. The fraction of sp³-hybridized carbons (Fsp3) is 0.375. The number of benzene rings is 1. The molecule has 6 nitrogen and oxygen atoms in total. The summed E-state index contributed by atoms with van der Waals surface area (Å²) in [7, 11) is 1.77. The van der Waals surface area contributed by atoms with Crippen LogP contribution in [0.4, 0.5) is 0 Å². The Hall–Kier alpha value is -2.18. The monoisotopic (exact) mass is 300 g/mol. The molecule has 0 spiro atoms. The van der Waals surface area contributed by atoms with Crippen LogP contribution in [0, 0.1) is 0 Å². The van der Waals surface area contributed by atoms with E-state index in [1.54, 1.807) is 22.8 Å². The van der Waals surface area contributed by atoms with Gasteiger partial charge >= 0.3 is 0 Å². The van der Waals surface area contributed by atoms with Crippen molar-refractivity contribution in [1.82, 2.24) is 20.0 Å². The lowest BCUT2D eigenvalue weighted by molar-refractivity contribution is -0.132. The van der Waals surface area contributed by atoms with Crippen LogP contribution in [0.2, 0.25) is 0 Å². The van der Waals surface area contributed by atoms with Crippen LogP contribution < -0.4 is 5.32 Å². The summed E-state index contributed by atoms with van der Waals surface area (Å²) < 4.78 is 1.80. The number of rotatable bonds is 4. The Morgan fingerprint density at radius 2 is 2.23 bits per heavy atom. The zero-order valence-electron chi connectivity index (χ0n) is 12.5. The van der Waals surface area contributed by atoms with Gasteiger partial charge in [0.25, 0.3) is 0 Å². The van der Waals surface area contributed by atoms with Gasteiger partial charge in [-0.1, -0.05) is 18.2 Å². The number of aliphatic hydroxyl groups excluding tert-OH is 1. The fourth-order valence-corrected chi connectivity index (χ4v) is 2.69. The maximum atomic E-state index is 12.3. The number of carbonyl (C=O) groups is 1. The van der Waals surface area contributed by atoms with Crippen LogP contribution in [0.5, 0.6) is 0 Å². The second-order valence-electron chi connectivity index (χ2n) is 5.67. The number of hydrogen-bond donors (Lipinski definition) is 2. The molecule has 1 aliphatic heterocycles. The first kappa shape index (κ1) is 14.7. The second-order valence-corrected chi connectivity index (χ2v) is 5.67. The number of aliphatic hydroxyl groups is 1. The number of hydrogen-bond acceptors (Lipinski definition) is 4. The Balaban J connectivity index is 1.64. The number of amides is 1. The van der Waals surface area contributed by atoms with Crippen molar-refractivity contribution in [2.24, 2.45) is 0 Å². The van der Waals surface area contributed by atoms with Gasteiger partial charge in [-0.2, -0.15) is 5.10 Å². The van der Waals surface area contributed by atoms with Crippen molar-refractivity contribution in [1.29, 1.82) is 0 Å². The van der Waals surface area contributed by atoms with E-state index in [0.29, 0.717) is 19.5 Å². The molecule has 3 rings (SSSR count). The molecular formula is C16H20N4O2. The summed E-state index contributed by atoms with van der Waals surface area (Å²) >= 11 is 0. The van der Waals surface area contributed by atoms with Crippen LogP contribution in [-0.4, -0.2) is 51.4 Å². The van der Waals surface area contributed by atoms with Crippen molar-refractivity contribution in [2.45, 2.75) is 25.1 Å². The first-order valence-electron chi connectivity index (χ1n) is 7.39. The van der Waals surface area contributed by atoms with Crippen LogP contribution in [0.3, 0.4) is 0 Å². The van der Waals surface area contributed by atoms with Gasteiger partial charge in [-0.25, -0.2) is 4.68 Å².